The highest BCUT2D eigenvalue weighted by atomic mass is 16.5. The fourth-order valence-corrected chi connectivity index (χ4v) is 0.606. The van der Waals surface area contributed by atoms with Crippen LogP contribution in [0.4, 0.5) is 0 Å². The molecule has 0 heterocycles. The van der Waals surface area contributed by atoms with E-state index in [4.69, 9.17) is 4.74 Å². The zero-order valence-corrected chi connectivity index (χ0v) is 7.80. The molecule has 0 fully saturated rings. The van der Waals surface area contributed by atoms with Crippen LogP contribution in [-0.4, -0.2) is 5.97 Å². The number of carbonyl (C=O) groups excluding carboxylic acids is 1. The lowest BCUT2D eigenvalue weighted by Crippen LogP contribution is -1.98. The van der Waals surface area contributed by atoms with Crippen molar-refractivity contribution >= 4 is 5.97 Å². The van der Waals surface area contributed by atoms with Crippen LogP contribution in [-0.2, 0) is 9.53 Å². The van der Waals surface area contributed by atoms with Crippen molar-refractivity contribution in [2.75, 3.05) is 0 Å². The van der Waals surface area contributed by atoms with E-state index in [1.165, 1.54) is 6.26 Å². The Morgan fingerprint density at radius 1 is 1.58 bits per heavy atom. The number of allylic oxidation sites excluding steroid dienone is 2. The normalized spacial score (nSPS) is 10.2. The van der Waals surface area contributed by atoms with Crippen LogP contribution >= 0.6 is 0 Å². The lowest BCUT2D eigenvalue weighted by molar-refractivity contribution is -0.138. The Bertz CT molecular complexity index is 180. The zero-order valence-electron chi connectivity index (χ0n) is 7.80. The summed E-state index contributed by atoms with van der Waals surface area (Å²) < 4.78 is 4.77. The van der Waals surface area contributed by atoms with E-state index in [0.717, 1.165) is 18.4 Å². The summed E-state index contributed by atoms with van der Waals surface area (Å²) in [5, 5.41) is 0. The van der Waals surface area contributed by atoms with Gasteiger partial charge in [0.25, 0.3) is 0 Å². The highest BCUT2D eigenvalue weighted by molar-refractivity contribution is 5.69. The Labute approximate surface area is 73.9 Å². The van der Waals surface area contributed by atoms with Crippen molar-refractivity contribution in [3.8, 4) is 0 Å². The average Bonchev–Trinajstić information content (AvgIpc) is 2.00. The molecule has 68 valence electrons. The minimum absolute atomic E-state index is 0.172. The number of esters is 1. The molecule has 0 amide bonds. The van der Waals surface area contributed by atoms with Crippen molar-refractivity contribution in [2.45, 2.75) is 33.1 Å². The molecule has 0 atom stereocenters. The van der Waals surface area contributed by atoms with Gasteiger partial charge in [0.2, 0.25) is 0 Å². The number of rotatable bonds is 5. The lowest BCUT2D eigenvalue weighted by atomic mass is 10.2. The predicted octanol–water partition coefficient (Wildman–Crippen LogP) is 2.81. The maximum Gasteiger partial charge on any atom is 0.310 e. The third-order valence-corrected chi connectivity index (χ3v) is 1.29. The fourth-order valence-electron chi connectivity index (χ4n) is 0.606. The third kappa shape index (κ3) is 7.06. The summed E-state index contributed by atoms with van der Waals surface area (Å²) in [5.74, 6) is -0.172. The zero-order chi connectivity index (χ0) is 9.40. The minimum Gasteiger partial charge on any atom is -0.434 e. The largest absolute Gasteiger partial charge is 0.434 e. The smallest absolute Gasteiger partial charge is 0.310 e. The Morgan fingerprint density at radius 3 is 2.75 bits per heavy atom. The molecule has 0 rings (SSSR count). The summed E-state index contributed by atoms with van der Waals surface area (Å²) in [5.41, 5.74) is 0.873. The SMILES string of the molecule is C=C(C)/C=C\OC(=O)CCCC. The topological polar surface area (TPSA) is 26.3 Å². The fraction of sp³-hybridized carbons (Fsp3) is 0.500. The molecular formula is C10H16O2. The van der Waals surface area contributed by atoms with Gasteiger partial charge in [0.05, 0.1) is 6.26 Å². The van der Waals surface area contributed by atoms with Crippen molar-refractivity contribution in [3.63, 3.8) is 0 Å². The van der Waals surface area contributed by atoms with Crippen LogP contribution in [0.5, 0.6) is 0 Å². The van der Waals surface area contributed by atoms with Crippen LogP contribution in [0, 0.1) is 0 Å². The number of unbranched alkanes of at least 4 members (excludes halogenated alkanes) is 1. The maximum atomic E-state index is 10.9. The summed E-state index contributed by atoms with van der Waals surface area (Å²) in [6.45, 7) is 7.52. The maximum absolute atomic E-state index is 10.9. The molecule has 0 aromatic heterocycles. The third-order valence-electron chi connectivity index (χ3n) is 1.29. The first-order chi connectivity index (χ1) is 5.66. The van der Waals surface area contributed by atoms with Crippen LogP contribution in [0.1, 0.15) is 33.1 Å². The van der Waals surface area contributed by atoms with Gasteiger partial charge in [-0.15, -0.1) is 0 Å². The van der Waals surface area contributed by atoms with Crippen molar-refractivity contribution in [1.29, 1.82) is 0 Å². The summed E-state index contributed by atoms with van der Waals surface area (Å²) in [7, 11) is 0. The van der Waals surface area contributed by atoms with Gasteiger partial charge in [0.1, 0.15) is 0 Å². The number of hydrogen-bond donors (Lipinski definition) is 0. The number of ether oxygens (including phenoxy) is 1. The van der Waals surface area contributed by atoms with Crippen LogP contribution in [0.2, 0.25) is 0 Å². The Balaban J connectivity index is 3.50. The quantitative estimate of drug-likeness (QED) is 0.358. The minimum atomic E-state index is -0.172. The molecule has 0 radical (unpaired) electrons. The molecule has 0 bridgehead atoms. The summed E-state index contributed by atoms with van der Waals surface area (Å²) in [6, 6.07) is 0. The van der Waals surface area contributed by atoms with Crippen LogP contribution in [0.15, 0.2) is 24.5 Å². The average molecular weight is 168 g/mol. The first-order valence-corrected chi connectivity index (χ1v) is 4.18. The second-order valence-electron chi connectivity index (χ2n) is 2.74. The van der Waals surface area contributed by atoms with Gasteiger partial charge in [-0.3, -0.25) is 4.79 Å². The molecule has 2 nitrogen and oxygen atoms in total. The highest BCUT2D eigenvalue weighted by Crippen LogP contribution is 1.97. The first-order valence-electron chi connectivity index (χ1n) is 4.18. The molecule has 0 N–H and O–H groups in total. The van der Waals surface area contributed by atoms with E-state index in [9.17, 15) is 4.79 Å². The van der Waals surface area contributed by atoms with Gasteiger partial charge < -0.3 is 4.74 Å². The van der Waals surface area contributed by atoms with Crippen molar-refractivity contribution in [3.05, 3.63) is 24.5 Å². The molecule has 0 aliphatic carbocycles. The van der Waals surface area contributed by atoms with Crippen molar-refractivity contribution in [2.24, 2.45) is 0 Å². The Kier molecular flexibility index (Phi) is 6.07. The molecule has 0 aliphatic heterocycles. The first kappa shape index (κ1) is 11.0. The van der Waals surface area contributed by atoms with Crippen molar-refractivity contribution < 1.29 is 9.53 Å². The Morgan fingerprint density at radius 2 is 2.25 bits per heavy atom. The molecular weight excluding hydrogens is 152 g/mol. The van der Waals surface area contributed by atoms with Crippen molar-refractivity contribution in [1.82, 2.24) is 0 Å². The monoisotopic (exact) mass is 168 g/mol. The lowest BCUT2D eigenvalue weighted by Gasteiger charge is -1.96. The van der Waals surface area contributed by atoms with E-state index in [1.807, 2.05) is 13.8 Å². The van der Waals surface area contributed by atoms with E-state index >= 15 is 0 Å². The number of hydrogen-bond acceptors (Lipinski definition) is 2. The van der Waals surface area contributed by atoms with Gasteiger partial charge in [-0.2, -0.15) is 0 Å². The van der Waals surface area contributed by atoms with Crippen LogP contribution in [0.3, 0.4) is 0 Å². The molecule has 0 saturated carbocycles. The summed E-state index contributed by atoms with van der Waals surface area (Å²) >= 11 is 0. The molecule has 2 heteroatoms. The van der Waals surface area contributed by atoms with Gasteiger partial charge >= 0.3 is 5.97 Å². The standard InChI is InChI=1S/C10H16O2/c1-4-5-6-10(11)12-8-7-9(2)3/h7-8H,2,4-6H2,1,3H3/b8-7-. The van der Waals surface area contributed by atoms with Gasteiger partial charge in [-0.25, -0.2) is 0 Å². The second kappa shape index (κ2) is 6.65. The van der Waals surface area contributed by atoms with E-state index < -0.39 is 0 Å². The summed E-state index contributed by atoms with van der Waals surface area (Å²) in [6.07, 6.45) is 5.46. The molecule has 0 saturated heterocycles. The van der Waals surface area contributed by atoms with E-state index in [-0.39, 0.29) is 5.97 Å². The van der Waals surface area contributed by atoms with Gasteiger partial charge in [-0.05, 0) is 19.4 Å². The van der Waals surface area contributed by atoms with E-state index in [2.05, 4.69) is 6.58 Å². The highest BCUT2D eigenvalue weighted by Gasteiger charge is 1.97. The van der Waals surface area contributed by atoms with Gasteiger partial charge in [0, 0.05) is 6.42 Å². The van der Waals surface area contributed by atoms with Gasteiger partial charge in [0.15, 0.2) is 0 Å². The van der Waals surface area contributed by atoms with Gasteiger partial charge in [-0.1, -0.05) is 25.5 Å². The molecule has 0 aromatic rings. The second-order valence-corrected chi connectivity index (χ2v) is 2.74. The predicted molar refractivity (Wildman–Crippen MR) is 49.6 cm³/mol. The molecule has 0 unspecified atom stereocenters. The molecule has 12 heavy (non-hydrogen) atoms. The molecule has 0 spiro atoms. The summed E-state index contributed by atoms with van der Waals surface area (Å²) in [4.78, 5) is 10.9. The molecule has 0 aliphatic rings. The number of carbonyl (C=O) groups is 1. The van der Waals surface area contributed by atoms with Crippen LogP contribution in [0.25, 0.3) is 0 Å². The van der Waals surface area contributed by atoms with Crippen LogP contribution < -0.4 is 0 Å². The van der Waals surface area contributed by atoms with E-state index in [0.29, 0.717) is 6.42 Å². The van der Waals surface area contributed by atoms with E-state index in [1.54, 1.807) is 6.08 Å². The Hall–Kier alpha value is -1.05. The molecule has 0 aromatic carbocycles.